The fourth-order valence-electron chi connectivity index (χ4n) is 1.43. The molecule has 1 N–H and O–H groups in total. The number of halogens is 1. The molecular weight excluding hydrogens is 264 g/mol. The predicted molar refractivity (Wildman–Crippen MR) is 61.5 cm³/mol. The highest BCUT2D eigenvalue weighted by Gasteiger charge is 2.11. The SMILES string of the molecule is O=Cc1cc(O)c(CBr)c2sccc12. The van der Waals surface area contributed by atoms with Gasteiger partial charge in [-0.3, -0.25) is 4.79 Å². The van der Waals surface area contributed by atoms with E-state index in [2.05, 4.69) is 15.9 Å². The average molecular weight is 271 g/mol. The number of rotatable bonds is 2. The van der Waals surface area contributed by atoms with Gasteiger partial charge in [0.25, 0.3) is 0 Å². The Kier molecular flexibility index (Phi) is 2.56. The van der Waals surface area contributed by atoms with Crippen LogP contribution in [-0.4, -0.2) is 11.4 Å². The minimum atomic E-state index is 0.180. The van der Waals surface area contributed by atoms with Gasteiger partial charge in [0.05, 0.1) is 0 Å². The van der Waals surface area contributed by atoms with Crippen molar-refractivity contribution in [2.75, 3.05) is 0 Å². The van der Waals surface area contributed by atoms with E-state index in [1.165, 1.54) is 17.4 Å². The lowest BCUT2D eigenvalue weighted by Crippen LogP contribution is -1.86. The van der Waals surface area contributed by atoms with Crippen molar-refractivity contribution in [2.45, 2.75) is 5.33 Å². The standard InChI is InChI=1S/C10H7BrO2S/c11-4-8-9(13)3-6(5-12)7-1-2-14-10(7)8/h1-3,5,13H,4H2. The molecule has 14 heavy (non-hydrogen) atoms. The molecule has 0 bridgehead atoms. The second-order valence-electron chi connectivity index (χ2n) is 2.88. The van der Waals surface area contributed by atoms with Crippen molar-refractivity contribution < 1.29 is 9.90 Å². The molecule has 4 heteroatoms. The molecule has 0 saturated heterocycles. The molecule has 0 saturated carbocycles. The first-order chi connectivity index (χ1) is 6.77. The molecule has 1 aromatic carbocycles. The highest BCUT2D eigenvalue weighted by atomic mass is 79.9. The summed E-state index contributed by atoms with van der Waals surface area (Å²) in [5, 5.41) is 13.1. The maximum atomic E-state index is 10.8. The lowest BCUT2D eigenvalue weighted by atomic mass is 10.1. The van der Waals surface area contributed by atoms with Crippen LogP contribution in [-0.2, 0) is 5.33 Å². The van der Waals surface area contributed by atoms with Crippen molar-refractivity contribution in [3.63, 3.8) is 0 Å². The smallest absolute Gasteiger partial charge is 0.150 e. The largest absolute Gasteiger partial charge is 0.508 e. The summed E-state index contributed by atoms with van der Waals surface area (Å²) in [7, 11) is 0. The number of phenols is 1. The normalized spacial score (nSPS) is 10.6. The number of carbonyl (C=O) groups excluding carboxylic acids is 1. The number of hydrogen-bond donors (Lipinski definition) is 1. The van der Waals surface area contributed by atoms with E-state index in [1.807, 2.05) is 11.4 Å². The molecule has 0 atom stereocenters. The molecule has 0 radical (unpaired) electrons. The molecular formula is C10H7BrO2S. The molecule has 0 amide bonds. The molecule has 0 aliphatic heterocycles. The van der Waals surface area contributed by atoms with Gasteiger partial charge in [-0.2, -0.15) is 0 Å². The van der Waals surface area contributed by atoms with Gasteiger partial charge in [0.1, 0.15) is 5.75 Å². The van der Waals surface area contributed by atoms with E-state index in [4.69, 9.17) is 0 Å². The summed E-state index contributed by atoms with van der Waals surface area (Å²) in [6.45, 7) is 0. The number of phenolic OH excluding ortho intramolecular Hbond substituents is 1. The van der Waals surface area contributed by atoms with Gasteiger partial charge in [0.2, 0.25) is 0 Å². The topological polar surface area (TPSA) is 37.3 Å². The van der Waals surface area contributed by atoms with Crippen molar-refractivity contribution >= 4 is 43.6 Å². The van der Waals surface area contributed by atoms with Gasteiger partial charge in [-0.15, -0.1) is 11.3 Å². The van der Waals surface area contributed by atoms with E-state index in [0.29, 0.717) is 10.9 Å². The van der Waals surface area contributed by atoms with Gasteiger partial charge in [-0.05, 0) is 17.5 Å². The monoisotopic (exact) mass is 270 g/mol. The van der Waals surface area contributed by atoms with Crippen LogP contribution in [0.5, 0.6) is 5.75 Å². The number of thiophene rings is 1. The molecule has 0 fully saturated rings. The Morgan fingerprint density at radius 1 is 1.57 bits per heavy atom. The van der Waals surface area contributed by atoms with Gasteiger partial charge >= 0.3 is 0 Å². The van der Waals surface area contributed by atoms with Crippen LogP contribution in [0.2, 0.25) is 0 Å². The van der Waals surface area contributed by atoms with Gasteiger partial charge in [0.15, 0.2) is 6.29 Å². The zero-order valence-corrected chi connectivity index (χ0v) is 9.56. The summed E-state index contributed by atoms with van der Waals surface area (Å²) in [5.74, 6) is 0.180. The van der Waals surface area contributed by atoms with Crippen LogP contribution in [0.25, 0.3) is 10.1 Å². The Balaban J connectivity index is 2.88. The van der Waals surface area contributed by atoms with Gasteiger partial charge in [0, 0.05) is 26.5 Å². The quantitative estimate of drug-likeness (QED) is 0.672. The average Bonchev–Trinajstić information content (AvgIpc) is 2.65. The molecule has 0 aliphatic carbocycles. The minimum absolute atomic E-state index is 0.180. The number of aldehydes is 1. The highest BCUT2D eigenvalue weighted by Crippen LogP contribution is 2.34. The van der Waals surface area contributed by atoms with Crippen molar-refractivity contribution in [1.29, 1.82) is 0 Å². The molecule has 1 heterocycles. The van der Waals surface area contributed by atoms with Crippen molar-refractivity contribution in [3.05, 3.63) is 28.6 Å². The minimum Gasteiger partial charge on any atom is -0.508 e. The van der Waals surface area contributed by atoms with Crippen molar-refractivity contribution in [1.82, 2.24) is 0 Å². The second kappa shape index (κ2) is 3.71. The molecule has 2 nitrogen and oxygen atoms in total. The third-order valence-electron chi connectivity index (χ3n) is 2.11. The summed E-state index contributed by atoms with van der Waals surface area (Å²) < 4.78 is 0.976. The number of fused-ring (bicyclic) bond motifs is 1. The van der Waals surface area contributed by atoms with Gasteiger partial charge in [-0.1, -0.05) is 15.9 Å². The molecule has 0 spiro atoms. The molecule has 72 valence electrons. The van der Waals surface area contributed by atoms with Crippen molar-refractivity contribution in [3.8, 4) is 5.75 Å². The lowest BCUT2D eigenvalue weighted by molar-refractivity contribution is 0.112. The predicted octanol–water partition coefficient (Wildman–Crippen LogP) is 3.31. The third kappa shape index (κ3) is 1.35. The van der Waals surface area contributed by atoms with Crippen LogP contribution in [0, 0.1) is 0 Å². The van der Waals surface area contributed by atoms with E-state index in [9.17, 15) is 9.90 Å². The Morgan fingerprint density at radius 2 is 2.36 bits per heavy atom. The van der Waals surface area contributed by atoms with Crippen LogP contribution in [0.15, 0.2) is 17.5 Å². The first-order valence-corrected chi connectivity index (χ1v) is 6.01. The molecule has 2 aromatic rings. The lowest BCUT2D eigenvalue weighted by Gasteiger charge is -2.04. The number of aromatic hydroxyl groups is 1. The maximum absolute atomic E-state index is 10.8. The number of carbonyl (C=O) groups is 1. The first-order valence-electron chi connectivity index (χ1n) is 4.01. The molecule has 1 aromatic heterocycles. The zero-order valence-electron chi connectivity index (χ0n) is 7.16. The fraction of sp³-hybridized carbons (Fsp3) is 0.100. The van der Waals surface area contributed by atoms with Crippen LogP contribution in [0.3, 0.4) is 0 Å². The van der Waals surface area contributed by atoms with Crippen LogP contribution < -0.4 is 0 Å². The summed E-state index contributed by atoms with van der Waals surface area (Å²) in [4.78, 5) is 10.8. The number of hydrogen-bond acceptors (Lipinski definition) is 3. The zero-order chi connectivity index (χ0) is 10.1. The van der Waals surface area contributed by atoms with Crippen LogP contribution in [0.4, 0.5) is 0 Å². The maximum Gasteiger partial charge on any atom is 0.150 e. The van der Waals surface area contributed by atoms with E-state index in [-0.39, 0.29) is 5.75 Å². The summed E-state index contributed by atoms with van der Waals surface area (Å²) >= 11 is 4.85. The second-order valence-corrected chi connectivity index (χ2v) is 4.36. The van der Waals surface area contributed by atoms with Crippen LogP contribution >= 0.6 is 27.3 Å². The first kappa shape index (κ1) is 9.68. The molecule has 0 aliphatic rings. The molecule has 0 unspecified atom stereocenters. The fourth-order valence-corrected chi connectivity index (χ4v) is 3.15. The Hall–Kier alpha value is -0.870. The van der Waals surface area contributed by atoms with Crippen molar-refractivity contribution in [2.24, 2.45) is 0 Å². The Labute approximate surface area is 93.3 Å². The summed E-state index contributed by atoms with van der Waals surface area (Å²) in [6.07, 6.45) is 0.771. The Morgan fingerprint density at radius 3 is 3.00 bits per heavy atom. The number of alkyl halides is 1. The van der Waals surface area contributed by atoms with E-state index in [0.717, 1.165) is 21.9 Å². The third-order valence-corrected chi connectivity index (χ3v) is 3.65. The number of benzene rings is 1. The van der Waals surface area contributed by atoms with E-state index < -0.39 is 0 Å². The Bertz CT molecular complexity index is 490. The molecule has 2 rings (SSSR count). The van der Waals surface area contributed by atoms with E-state index in [1.54, 1.807) is 0 Å². The summed E-state index contributed by atoms with van der Waals surface area (Å²) in [5.41, 5.74) is 1.39. The van der Waals surface area contributed by atoms with Gasteiger partial charge < -0.3 is 5.11 Å². The van der Waals surface area contributed by atoms with E-state index >= 15 is 0 Å². The summed E-state index contributed by atoms with van der Waals surface area (Å²) in [6, 6.07) is 3.41. The van der Waals surface area contributed by atoms with Crippen LogP contribution in [0.1, 0.15) is 15.9 Å². The van der Waals surface area contributed by atoms with Gasteiger partial charge in [-0.25, -0.2) is 0 Å². The highest BCUT2D eigenvalue weighted by molar-refractivity contribution is 9.08.